The first kappa shape index (κ1) is 8.73. The molecule has 3 N–H and O–H groups in total. The Labute approximate surface area is 73.5 Å². The van der Waals surface area contributed by atoms with Gasteiger partial charge in [-0.25, -0.2) is 4.79 Å². The van der Waals surface area contributed by atoms with Gasteiger partial charge in [0, 0.05) is 6.21 Å². The molecule has 0 aliphatic rings. The van der Waals surface area contributed by atoms with Gasteiger partial charge in [-0.05, 0) is 6.07 Å². The number of carbonyl (C=O) groups is 1. The van der Waals surface area contributed by atoms with E-state index in [-0.39, 0.29) is 0 Å². The molecule has 0 radical (unpaired) electrons. The lowest BCUT2D eigenvalue weighted by molar-refractivity contribution is 0.0606. The topological polar surface area (TPSA) is 76.2 Å². The van der Waals surface area contributed by atoms with E-state index >= 15 is 0 Å². The summed E-state index contributed by atoms with van der Waals surface area (Å²) in [6.07, 6.45) is 1.12. The van der Waals surface area contributed by atoms with Crippen LogP contribution in [-0.4, -0.2) is 19.3 Å². The predicted molar refractivity (Wildman–Crippen MR) is 48.0 cm³/mol. The van der Waals surface area contributed by atoms with Crippen molar-refractivity contribution in [3.63, 3.8) is 0 Å². The Morgan fingerprint density at radius 2 is 2.50 bits per heavy atom. The lowest BCUT2D eigenvalue weighted by atomic mass is 10.4. The minimum atomic E-state index is -0.417. The summed E-state index contributed by atoms with van der Waals surface area (Å²) in [5, 5.41) is 6.95. The molecule has 1 rings (SSSR count). The highest BCUT2D eigenvalue weighted by molar-refractivity contribution is 7.16. The standard InChI is InChI=1S/C7H8N2O2S/c1-11-7(10)5-2-4(9)6(3-8)12-5/h2-3,8H,9H2,1H3. The summed E-state index contributed by atoms with van der Waals surface area (Å²) in [6.45, 7) is 0. The molecule has 0 fully saturated rings. The molecule has 0 spiro atoms. The molecule has 12 heavy (non-hydrogen) atoms. The Bertz CT molecular complexity index is 319. The second kappa shape index (κ2) is 3.36. The van der Waals surface area contributed by atoms with Gasteiger partial charge in [-0.3, -0.25) is 0 Å². The van der Waals surface area contributed by atoms with Crippen LogP contribution in [0.3, 0.4) is 0 Å². The lowest BCUT2D eigenvalue weighted by Crippen LogP contribution is -1.97. The van der Waals surface area contributed by atoms with Crippen LogP contribution in [0.4, 0.5) is 5.69 Å². The van der Waals surface area contributed by atoms with Crippen LogP contribution in [0, 0.1) is 5.41 Å². The third kappa shape index (κ3) is 1.45. The van der Waals surface area contributed by atoms with Crippen LogP contribution < -0.4 is 5.73 Å². The minimum Gasteiger partial charge on any atom is -0.465 e. The quantitative estimate of drug-likeness (QED) is 0.534. The molecule has 0 aliphatic heterocycles. The Hall–Kier alpha value is -1.36. The van der Waals surface area contributed by atoms with Gasteiger partial charge in [0.05, 0.1) is 17.7 Å². The van der Waals surface area contributed by atoms with Gasteiger partial charge in [0.2, 0.25) is 0 Å². The van der Waals surface area contributed by atoms with Crippen molar-refractivity contribution in [2.75, 3.05) is 12.8 Å². The molecule has 5 heteroatoms. The maximum Gasteiger partial charge on any atom is 0.348 e. The van der Waals surface area contributed by atoms with Gasteiger partial charge in [-0.2, -0.15) is 0 Å². The van der Waals surface area contributed by atoms with Crippen molar-refractivity contribution < 1.29 is 9.53 Å². The van der Waals surface area contributed by atoms with Crippen LogP contribution in [0.2, 0.25) is 0 Å². The number of hydrogen-bond acceptors (Lipinski definition) is 5. The molecule has 1 heterocycles. The maximum absolute atomic E-state index is 11.0. The van der Waals surface area contributed by atoms with Gasteiger partial charge in [0.15, 0.2) is 0 Å². The van der Waals surface area contributed by atoms with Crippen molar-refractivity contribution in [1.82, 2.24) is 0 Å². The molecule has 0 saturated heterocycles. The van der Waals surface area contributed by atoms with Crippen molar-refractivity contribution in [2.45, 2.75) is 0 Å². The van der Waals surface area contributed by atoms with E-state index in [9.17, 15) is 4.79 Å². The van der Waals surface area contributed by atoms with Crippen LogP contribution >= 0.6 is 11.3 Å². The molecule has 0 bridgehead atoms. The number of rotatable bonds is 2. The SMILES string of the molecule is COC(=O)c1cc(N)c(C=N)s1. The summed E-state index contributed by atoms with van der Waals surface area (Å²) in [6, 6.07) is 1.51. The normalized spacial score (nSPS) is 9.42. The molecular formula is C7H8N2O2S. The predicted octanol–water partition coefficient (Wildman–Crippen LogP) is 1.11. The average molecular weight is 184 g/mol. The summed E-state index contributed by atoms with van der Waals surface area (Å²) in [4.78, 5) is 12.0. The highest BCUT2D eigenvalue weighted by Gasteiger charge is 2.11. The monoisotopic (exact) mass is 184 g/mol. The molecule has 1 aromatic rings. The van der Waals surface area contributed by atoms with Crippen LogP contribution in [0.15, 0.2) is 6.07 Å². The van der Waals surface area contributed by atoms with Crippen molar-refractivity contribution in [1.29, 1.82) is 5.41 Å². The van der Waals surface area contributed by atoms with Crippen molar-refractivity contribution in [3.05, 3.63) is 15.8 Å². The van der Waals surface area contributed by atoms with Gasteiger partial charge in [-0.15, -0.1) is 11.3 Å². The molecule has 0 amide bonds. The molecule has 0 saturated carbocycles. The average Bonchev–Trinajstić information content (AvgIpc) is 2.45. The van der Waals surface area contributed by atoms with Gasteiger partial charge in [0.25, 0.3) is 0 Å². The van der Waals surface area contributed by atoms with Crippen molar-refractivity contribution >= 4 is 29.2 Å². The van der Waals surface area contributed by atoms with E-state index in [2.05, 4.69) is 4.74 Å². The van der Waals surface area contributed by atoms with Crippen LogP contribution in [0.25, 0.3) is 0 Å². The zero-order valence-corrected chi connectivity index (χ0v) is 7.27. The second-order valence-corrected chi connectivity index (χ2v) is 3.15. The summed E-state index contributed by atoms with van der Waals surface area (Å²) in [5.41, 5.74) is 5.94. The van der Waals surface area contributed by atoms with E-state index in [1.54, 1.807) is 0 Å². The first-order valence-corrected chi connectivity index (χ1v) is 3.98. The smallest absolute Gasteiger partial charge is 0.348 e. The summed E-state index contributed by atoms with van der Waals surface area (Å²) in [5.74, 6) is -0.417. The molecular weight excluding hydrogens is 176 g/mol. The van der Waals surface area contributed by atoms with E-state index in [0.717, 1.165) is 17.6 Å². The fourth-order valence-corrected chi connectivity index (χ4v) is 1.56. The van der Waals surface area contributed by atoms with Gasteiger partial charge < -0.3 is 15.9 Å². The van der Waals surface area contributed by atoms with Crippen LogP contribution in [0.5, 0.6) is 0 Å². The van der Waals surface area contributed by atoms with E-state index < -0.39 is 5.97 Å². The Morgan fingerprint density at radius 1 is 1.83 bits per heavy atom. The molecule has 0 unspecified atom stereocenters. The van der Waals surface area contributed by atoms with E-state index in [4.69, 9.17) is 11.1 Å². The molecule has 4 nitrogen and oxygen atoms in total. The van der Waals surface area contributed by atoms with Crippen molar-refractivity contribution in [3.8, 4) is 0 Å². The zero-order valence-electron chi connectivity index (χ0n) is 6.46. The highest BCUT2D eigenvalue weighted by atomic mass is 32.1. The Balaban J connectivity index is 3.04. The molecule has 0 aromatic carbocycles. The van der Waals surface area contributed by atoms with Gasteiger partial charge >= 0.3 is 5.97 Å². The number of hydrogen-bond donors (Lipinski definition) is 2. The molecule has 0 atom stereocenters. The summed E-state index contributed by atoms with van der Waals surface area (Å²) < 4.78 is 4.49. The number of nitrogen functional groups attached to an aromatic ring is 1. The third-order valence-corrected chi connectivity index (χ3v) is 2.39. The molecule has 64 valence electrons. The highest BCUT2D eigenvalue weighted by Crippen LogP contribution is 2.23. The fraction of sp³-hybridized carbons (Fsp3) is 0.143. The number of methoxy groups -OCH3 is 1. The zero-order chi connectivity index (χ0) is 9.14. The second-order valence-electron chi connectivity index (χ2n) is 2.07. The first-order chi connectivity index (χ1) is 5.69. The van der Waals surface area contributed by atoms with Crippen molar-refractivity contribution in [2.24, 2.45) is 0 Å². The lowest BCUT2D eigenvalue weighted by Gasteiger charge is -1.90. The third-order valence-electron chi connectivity index (χ3n) is 1.31. The largest absolute Gasteiger partial charge is 0.465 e. The number of carbonyl (C=O) groups excluding carboxylic acids is 1. The van der Waals surface area contributed by atoms with Gasteiger partial charge in [-0.1, -0.05) is 0 Å². The van der Waals surface area contributed by atoms with Crippen LogP contribution in [0.1, 0.15) is 14.5 Å². The van der Waals surface area contributed by atoms with E-state index in [1.165, 1.54) is 13.2 Å². The van der Waals surface area contributed by atoms with E-state index in [0.29, 0.717) is 15.4 Å². The number of ether oxygens (including phenoxy) is 1. The minimum absolute atomic E-state index is 0.417. The number of nitrogens with two attached hydrogens (primary N) is 1. The fourth-order valence-electron chi connectivity index (χ4n) is 0.733. The van der Waals surface area contributed by atoms with Crippen LogP contribution in [-0.2, 0) is 4.74 Å². The number of anilines is 1. The summed E-state index contributed by atoms with van der Waals surface area (Å²) >= 11 is 1.15. The number of thiophene rings is 1. The molecule has 1 aromatic heterocycles. The molecule has 0 aliphatic carbocycles. The maximum atomic E-state index is 11.0. The Morgan fingerprint density at radius 3 is 2.92 bits per heavy atom. The number of nitrogens with one attached hydrogen (secondary N) is 1. The Kier molecular flexibility index (Phi) is 2.44. The first-order valence-electron chi connectivity index (χ1n) is 3.17. The summed E-state index contributed by atoms with van der Waals surface area (Å²) in [7, 11) is 1.31. The van der Waals surface area contributed by atoms with Gasteiger partial charge in [0.1, 0.15) is 4.88 Å². The number of esters is 1. The van der Waals surface area contributed by atoms with E-state index in [1.807, 2.05) is 0 Å².